The molecule has 1 heterocycles. The maximum Gasteiger partial charge on any atom is 0.265 e. The summed E-state index contributed by atoms with van der Waals surface area (Å²) in [6.07, 6.45) is 0.663. The van der Waals surface area contributed by atoms with Crippen molar-refractivity contribution in [1.82, 2.24) is 9.97 Å². The van der Waals surface area contributed by atoms with Crippen LogP contribution >= 0.6 is 15.9 Å². The molecule has 0 radical (unpaired) electrons. The lowest BCUT2D eigenvalue weighted by Gasteiger charge is -2.11. The van der Waals surface area contributed by atoms with Gasteiger partial charge >= 0.3 is 0 Å². The Balaban J connectivity index is 2.62. The molecule has 0 aliphatic rings. The Morgan fingerprint density at radius 2 is 2.05 bits per heavy atom. The van der Waals surface area contributed by atoms with E-state index in [1.54, 1.807) is 26.4 Å². The smallest absolute Gasteiger partial charge is 0.265 e. The molecule has 1 N–H and O–H groups in total. The number of hydrogen-bond donors (Lipinski definition) is 1. The zero-order valence-corrected chi connectivity index (χ0v) is 13.1. The number of nitrogens with zero attached hydrogens (tertiary/aromatic N) is 1. The van der Waals surface area contributed by atoms with Gasteiger partial charge in [0.2, 0.25) is 0 Å². The van der Waals surface area contributed by atoms with Crippen molar-refractivity contribution in [1.29, 1.82) is 0 Å². The lowest BCUT2D eigenvalue weighted by molar-refractivity contribution is 0.395. The van der Waals surface area contributed by atoms with Crippen LogP contribution in [0.25, 0.3) is 11.4 Å². The van der Waals surface area contributed by atoms with Gasteiger partial charge in [-0.1, -0.05) is 6.92 Å². The Kier molecular flexibility index (Phi) is 4.44. The first-order chi connectivity index (χ1) is 9.60. The quantitative estimate of drug-likeness (QED) is 0.930. The van der Waals surface area contributed by atoms with E-state index in [9.17, 15) is 4.79 Å². The van der Waals surface area contributed by atoms with Gasteiger partial charge < -0.3 is 14.5 Å². The normalized spacial score (nSPS) is 10.4. The summed E-state index contributed by atoms with van der Waals surface area (Å²) in [7, 11) is 3.15. The highest BCUT2D eigenvalue weighted by molar-refractivity contribution is 9.10. The highest BCUT2D eigenvalue weighted by Crippen LogP contribution is 2.31. The number of benzene rings is 1. The summed E-state index contributed by atoms with van der Waals surface area (Å²) in [5.41, 5.74) is 1.22. The molecule has 2 rings (SSSR count). The van der Waals surface area contributed by atoms with E-state index in [2.05, 4.69) is 25.9 Å². The maximum absolute atomic E-state index is 11.9. The zero-order chi connectivity index (χ0) is 14.7. The van der Waals surface area contributed by atoms with E-state index < -0.39 is 0 Å². The summed E-state index contributed by atoms with van der Waals surface area (Å²) in [5.74, 6) is 1.76. The molecule has 1 aromatic heterocycles. The monoisotopic (exact) mass is 338 g/mol. The molecular weight excluding hydrogens is 324 g/mol. The first-order valence-electron chi connectivity index (χ1n) is 6.11. The molecule has 0 atom stereocenters. The second-order valence-electron chi connectivity index (χ2n) is 4.09. The molecule has 0 bridgehead atoms. The molecule has 1 aromatic carbocycles. The molecular formula is C14H15BrN2O3. The molecule has 0 amide bonds. The van der Waals surface area contributed by atoms with Crippen molar-refractivity contribution in [3.05, 3.63) is 38.7 Å². The van der Waals surface area contributed by atoms with Gasteiger partial charge in [0, 0.05) is 6.07 Å². The minimum atomic E-state index is -0.204. The SMILES string of the molecule is CCc1nc(-c2ccc(OC)cc2OC)[nH]c(=O)c1Br. The van der Waals surface area contributed by atoms with E-state index in [-0.39, 0.29) is 5.56 Å². The number of nitrogens with one attached hydrogen (secondary N) is 1. The molecule has 0 saturated heterocycles. The predicted molar refractivity (Wildman–Crippen MR) is 80.5 cm³/mol. The summed E-state index contributed by atoms with van der Waals surface area (Å²) in [5, 5.41) is 0. The van der Waals surface area contributed by atoms with Gasteiger partial charge in [-0.3, -0.25) is 4.79 Å². The average Bonchev–Trinajstić information content (AvgIpc) is 2.49. The van der Waals surface area contributed by atoms with Crippen LogP contribution in [-0.4, -0.2) is 24.2 Å². The van der Waals surface area contributed by atoms with E-state index in [1.165, 1.54) is 0 Å². The molecule has 0 spiro atoms. The van der Waals surface area contributed by atoms with Crippen LogP contribution in [0.5, 0.6) is 11.5 Å². The molecule has 0 unspecified atom stereocenters. The second-order valence-corrected chi connectivity index (χ2v) is 4.89. The van der Waals surface area contributed by atoms with Gasteiger partial charge in [-0.2, -0.15) is 0 Å². The molecule has 0 aliphatic heterocycles. The van der Waals surface area contributed by atoms with Crippen molar-refractivity contribution in [3.63, 3.8) is 0 Å². The highest BCUT2D eigenvalue weighted by atomic mass is 79.9. The number of hydrogen-bond acceptors (Lipinski definition) is 4. The molecule has 0 fully saturated rings. The van der Waals surface area contributed by atoms with Crippen molar-refractivity contribution < 1.29 is 9.47 Å². The lowest BCUT2D eigenvalue weighted by atomic mass is 10.1. The van der Waals surface area contributed by atoms with E-state index >= 15 is 0 Å². The van der Waals surface area contributed by atoms with Crippen LogP contribution in [0.2, 0.25) is 0 Å². The first-order valence-corrected chi connectivity index (χ1v) is 6.91. The third-order valence-corrected chi connectivity index (χ3v) is 3.75. The summed E-state index contributed by atoms with van der Waals surface area (Å²) in [4.78, 5) is 19.1. The number of rotatable bonds is 4. The summed E-state index contributed by atoms with van der Waals surface area (Å²) < 4.78 is 11.0. The summed E-state index contributed by atoms with van der Waals surface area (Å²) in [6, 6.07) is 5.36. The second kappa shape index (κ2) is 6.09. The fourth-order valence-corrected chi connectivity index (χ4v) is 2.33. The summed E-state index contributed by atoms with van der Waals surface area (Å²) in [6.45, 7) is 1.95. The van der Waals surface area contributed by atoms with Crippen LogP contribution in [0.4, 0.5) is 0 Å². The van der Waals surface area contributed by atoms with Gasteiger partial charge in [-0.05, 0) is 34.5 Å². The molecule has 0 saturated carbocycles. The third-order valence-electron chi connectivity index (χ3n) is 2.93. The van der Waals surface area contributed by atoms with Gasteiger partial charge in [0.05, 0.1) is 25.5 Å². The number of ether oxygens (including phenoxy) is 2. The predicted octanol–water partition coefficient (Wildman–Crippen LogP) is 2.78. The number of aryl methyl sites for hydroxylation is 1. The number of halogens is 1. The maximum atomic E-state index is 11.9. The molecule has 6 heteroatoms. The highest BCUT2D eigenvalue weighted by Gasteiger charge is 2.13. The number of H-pyrrole nitrogens is 1. The number of methoxy groups -OCH3 is 2. The average molecular weight is 339 g/mol. The first kappa shape index (κ1) is 14.6. The Morgan fingerprint density at radius 3 is 2.65 bits per heavy atom. The van der Waals surface area contributed by atoms with Crippen molar-refractivity contribution >= 4 is 15.9 Å². The molecule has 106 valence electrons. The van der Waals surface area contributed by atoms with Crippen molar-refractivity contribution in [2.24, 2.45) is 0 Å². The van der Waals surface area contributed by atoms with Crippen LogP contribution in [-0.2, 0) is 6.42 Å². The Morgan fingerprint density at radius 1 is 1.30 bits per heavy atom. The fourth-order valence-electron chi connectivity index (χ4n) is 1.86. The Bertz CT molecular complexity index is 683. The minimum absolute atomic E-state index is 0.204. The molecule has 20 heavy (non-hydrogen) atoms. The zero-order valence-electron chi connectivity index (χ0n) is 11.5. The van der Waals surface area contributed by atoms with E-state index in [1.807, 2.05) is 13.0 Å². The van der Waals surface area contributed by atoms with E-state index in [0.717, 1.165) is 0 Å². The standard InChI is InChI=1S/C14H15BrN2O3/c1-4-10-12(15)14(18)17-13(16-10)9-6-5-8(19-2)7-11(9)20-3/h5-7H,4H2,1-3H3,(H,16,17,18). The van der Waals surface area contributed by atoms with Gasteiger partial charge in [0.25, 0.3) is 5.56 Å². The van der Waals surface area contributed by atoms with E-state index in [4.69, 9.17) is 9.47 Å². The topological polar surface area (TPSA) is 64.2 Å². The van der Waals surface area contributed by atoms with Crippen molar-refractivity contribution in [2.45, 2.75) is 13.3 Å². The third kappa shape index (κ3) is 2.70. The van der Waals surface area contributed by atoms with Crippen molar-refractivity contribution in [2.75, 3.05) is 14.2 Å². The van der Waals surface area contributed by atoms with E-state index in [0.29, 0.717) is 39.5 Å². The van der Waals surface area contributed by atoms with Crippen molar-refractivity contribution in [3.8, 4) is 22.9 Å². The number of aromatic nitrogens is 2. The number of aromatic amines is 1. The van der Waals surface area contributed by atoms with Crippen LogP contribution in [0.1, 0.15) is 12.6 Å². The van der Waals surface area contributed by atoms with Gasteiger partial charge in [-0.15, -0.1) is 0 Å². The van der Waals surface area contributed by atoms with Gasteiger partial charge in [-0.25, -0.2) is 4.98 Å². The fraction of sp³-hybridized carbons (Fsp3) is 0.286. The molecule has 2 aromatic rings. The van der Waals surface area contributed by atoms with Crippen LogP contribution < -0.4 is 15.0 Å². The van der Waals surface area contributed by atoms with Crippen LogP contribution in [0, 0.1) is 0 Å². The minimum Gasteiger partial charge on any atom is -0.497 e. The molecule has 5 nitrogen and oxygen atoms in total. The Hall–Kier alpha value is -1.82. The van der Waals surface area contributed by atoms with Crippen LogP contribution in [0.3, 0.4) is 0 Å². The van der Waals surface area contributed by atoms with Gasteiger partial charge in [0.1, 0.15) is 21.8 Å². The van der Waals surface area contributed by atoms with Gasteiger partial charge in [0.15, 0.2) is 0 Å². The Labute approximate surface area is 125 Å². The lowest BCUT2D eigenvalue weighted by Crippen LogP contribution is -2.13. The largest absolute Gasteiger partial charge is 0.497 e. The molecule has 0 aliphatic carbocycles. The summed E-state index contributed by atoms with van der Waals surface area (Å²) >= 11 is 3.25. The van der Waals surface area contributed by atoms with Crippen LogP contribution in [0.15, 0.2) is 27.5 Å².